The highest BCUT2D eigenvalue weighted by Gasteiger charge is 2.20. The van der Waals surface area contributed by atoms with E-state index in [4.69, 9.17) is 5.73 Å². The smallest absolute Gasteiger partial charge is 0.0484 e. The Balaban J connectivity index is 2.32. The summed E-state index contributed by atoms with van der Waals surface area (Å²) in [6, 6.07) is 6.22. The lowest BCUT2D eigenvalue weighted by Crippen LogP contribution is -2.27. The van der Waals surface area contributed by atoms with Crippen molar-refractivity contribution in [3.05, 3.63) is 29.5 Å². The van der Waals surface area contributed by atoms with Crippen molar-refractivity contribution in [2.45, 2.75) is 13.0 Å². The van der Waals surface area contributed by atoms with Crippen LogP contribution in [0.1, 0.15) is 11.3 Å². The minimum atomic E-state index is 0.861. The van der Waals surface area contributed by atoms with Gasteiger partial charge in [-0.2, -0.15) is 0 Å². The topological polar surface area (TPSA) is 34.2 Å². The summed E-state index contributed by atoms with van der Waals surface area (Å²) >= 11 is 0. The molecule has 0 saturated heterocycles. The van der Waals surface area contributed by atoms with Crippen LogP contribution in [0.5, 0.6) is 0 Å². The zero-order valence-electron chi connectivity index (χ0n) is 9.83. The van der Waals surface area contributed by atoms with Gasteiger partial charge in [0.2, 0.25) is 0 Å². The van der Waals surface area contributed by atoms with Crippen molar-refractivity contribution >= 4 is 16.6 Å². The molecule has 0 saturated carbocycles. The number of fused-ring (bicyclic) bond motifs is 3. The molecule has 3 heteroatoms. The molecule has 0 spiro atoms. The van der Waals surface area contributed by atoms with Crippen molar-refractivity contribution in [3.63, 3.8) is 0 Å². The van der Waals surface area contributed by atoms with E-state index in [1.807, 2.05) is 6.07 Å². The maximum atomic E-state index is 5.87. The quantitative estimate of drug-likeness (QED) is 0.679. The van der Waals surface area contributed by atoms with Gasteiger partial charge in [0.05, 0.1) is 0 Å². The fourth-order valence-corrected chi connectivity index (χ4v) is 2.71. The second-order valence-electron chi connectivity index (χ2n) is 4.75. The molecule has 3 nitrogen and oxygen atoms in total. The lowest BCUT2D eigenvalue weighted by atomic mass is 10.0. The lowest BCUT2D eigenvalue weighted by Gasteiger charge is -2.23. The number of anilines is 1. The van der Waals surface area contributed by atoms with E-state index in [9.17, 15) is 0 Å². The van der Waals surface area contributed by atoms with Gasteiger partial charge in [0.25, 0.3) is 0 Å². The maximum absolute atomic E-state index is 5.87. The Labute approximate surface area is 95.5 Å². The fraction of sp³-hybridized carbons (Fsp3) is 0.385. The highest BCUT2D eigenvalue weighted by Crippen LogP contribution is 2.30. The second kappa shape index (κ2) is 3.25. The number of nitrogens with zero attached hydrogens (tertiary/aromatic N) is 2. The third kappa shape index (κ3) is 1.25. The summed E-state index contributed by atoms with van der Waals surface area (Å²) in [5.74, 6) is 0. The van der Waals surface area contributed by atoms with E-state index < -0.39 is 0 Å². The highest BCUT2D eigenvalue weighted by atomic mass is 15.1. The minimum absolute atomic E-state index is 0.861. The molecule has 16 heavy (non-hydrogen) atoms. The number of aromatic nitrogens is 1. The Morgan fingerprint density at radius 3 is 2.88 bits per heavy atom. The zero-order valence-corrected chi connectivity index (χ0v) is 9.83. The zero-order chi connectivity index (χ0) is 11.3. The Bertz CT molecular complexity index is 554. The third-order valence-corrected chi connectivity index (χ3v) is 3.62. The maximum Gasteiger partial charge on any atom is 0.0484 e. The van der Waals surface area contributed by atoms with Crippen molar-refractivity contribution in [2.24, 2.45) is 7.05 Å². The first-order valence-corrected chi connectivity index (χ1v) is 5.71. The summed E-state index contributed by atoms with van der Waals surface area (Å²) in [5, 5.41) is 1.34. The molecular formula is C13H17N3. The first-order chi connectivity index (χ1) is 7.66. The van der Waals surface area contributed by atoms with E-state index >= 15 is 0 Å². The van der Waals surface area contributed by atoms with Crippen LogP contribution in [0.4, 0.5) is 5.69 Å². The van der Waals surface area contributed by atoms with E-state index in [-0.39, 0.29) is 0 Å². The summed E-state index contributed by atoms with van der Waals surface area (Å²) in [6.07, 6.45) is 1.13. The van der Waals surface area contributed by atoms with Gasteiger partial charge < -0.3 is 15.2 Å². The molecule has 2 heterocycles. The van der Waals surface area contributed by atoms with E-state index in [1.54, 1.807) is 0 Å². The van der Waals surface area contributed by atoms with E-state index in [2.05, 4.69) is 35.7 Å². The Kier molecular flexibility index (Phi) is 1.98. The van der Waals surface area contributed by atoms with Crippen molar-refractivity contribution in [1.82, 2.24) is 9.47 Å². The monoisotopic (exact) mass is 215 g/mol. The molecule has 2 aromatic rings. The van der Waals surface area contributed by atoms with Crippen molar-refractivity contribution in [2.75, 3.05) is 19.3 Å². The molecule has 0 bridgehead atoms. The van der Waals surface area contributed by atoms with Crippen LogP contribution in [-0.4, -0.2) is 23.1 Å². The molecule has 0 unspecified atom stereocenters. The Hall–Kier alpha value is -1.48. The fourth-order valence-electron chi connectivity index (χ4n) is 2.71. The molecule has 2 N–H and O–H groups in total. The number of likely N-dealkylation sites (N-methyl/N-ethyl adjacent to an activating group) is 1. The van der Waals surface area contributed by atoms with Crippen LogP contribution in [0.2, 0.25) is 0 Å². The van der Waals surface area contributed by atoms with Crippen LogP contribution >= 0.6 is 0 Å². The number of benzene rings is 1. The van der Waals surface area contributed by atoms with Gasteiger partial charge in [0.1, 0.15) is 0 Å². The largest absolute Gasteiger partial charge is 0.399 e. The number of hydrogen-bond donors (Lipinski definition) is 1. The van der Waals surface area contributed by atoms with Crippen LogP contribution in [0.3, 0.4) is 0 Å². The molecule has 0 radical (unpaired) electrons. The number of rotatable bonds is 0. The molecule has 3 rings (SSSR count). The van der Waals surface area contributed by atoms with Crippen LogP contribution in [-0.2, 0) is 20.0 Å². The van der Waals surface area contributed by atoms with Crippen molar-refractivity contribution in [3.8, 4) is 0 Å². The molecule has 1 aromatic carbocycles. The summed E-state index contributed by atoms with van der Waals surface area (Å²) in [5.41, 5.74) is 11.0. The third-order valence-electron chi connectivity index (χ3n) is 3.62. The predicted octanol–water partition coefficient (Wildman–Crippen LogP) is 1.75. The van der Waals surface area contributed by atoms with E-state index in [1.165, 1.54) is 22.2 Å². The molecule has 1 aliphatic rings. The van der Waals surface area contributed by atoms with Gasteiger partial charge in [-0.15, -0.1) is 0 Å². The Morgan fingerprint density at radius 2 is 2.06 bits per heavy atom. The van der Waals surface area contributed by atoms with Gasteiger partial charge in [-0.05, 0) is 37.2 Å². The number of nitrogens with two attached hydrogens (primary N) is 1. The van der Waals surface area contributed by atoms with Crippen LogP contribution in [0.25, 0.3) is 10.9 Å². The number of aryl methyl sites for hydroxylation is 1. The molecular weight excluding hydrogens is 198 g/mol. The molecule has 0 atom stereocenters. The molecule has 0 fully saturated rings. The van der Waals surface area contributed by atoms with Gasteiger partial charge >= 0.3 is 0 Å². The van der Waals surface area contributed by atoms with E-state index in [0.29, 0.717) is 0 Å². The molecule has 1 aromatic heterocycles. The first kappa shape index (κ1) is 9.73. The normalized spacial score (nSPS) is 16.6. The Morgan fingerprint density at radius 1 is 1.25 bits per heavy atom. The van der Waals surface area contributed by atoms with Gasteiger partial charge in [-0.1, -0.05) is 0 Å². The standard InChI is InChI=1S/C13H17N3/c1-15-6-5-10-11-7-9(14)3-4-12(11)16(2)13(10)8-15/h3-4,7H,5-6,8,14H2,1-2H3. The number of nitrogen functional groups attached to an aromatic ring is 1. The lowest BCUT2D eigenvalue weighted by molar-refractivity contribution is 0.305. The van der Waals surface area contributed by atoms with Crippen LogP contribution in [0, 0.1) is 0 Å². The van der Waals surface area contributed by atoms with Crippen molar-refractivity contribution in [1.29, 1.82) is 0 Å². The van der Waals surface area contributed by atoms with Gasteiger partial charge in [0, 0.05) is 42.4 Å². The summed E-state index contributed by atoms with van der Waals surface area (Å²) in [4.78, 5) is 2.37. The average molecular weight is 215 g/mol. The minimum Gasteiger partial charge on any atom is -0.399 e. The highest BCUT2D eigenvalue weighted by molar-refractivity contribution is 5.88. The van der Waals surface area contributed by atoms with Crippen molar-refractivity contribution < 1.29 is 0 Å². The molecule has 84 valence electrons. The molecule has 0 amide bonds. The van der Waals surface area contributed by atoms with Crippen LogP contribution in [0.15, 0.2) is 18.2 Å². The van der Waals surface area contributed by atoms with Gasteiger partial charge in [-0.3, -0.25) is 0 Å². The van der Waals surface area contributed by atoms with Gasteiger partial charge in [0.15, 0.2) is 0 Å². The van der Waals surface area contributed by atoms with Crippen LogP contribution < -0.4 is 5.73 Å². The van der Waals surface area contributed by atoms with E-state index in [0.717, 1.165) is 25.2 Å². The predicted molar refractivity (Wildman–Crippen MR) is 67.4 cm³/mol. The average Bonchev–Trinajstić information content (AvgIpc) is 2.52. The SMILES string of the molecule is CN1CCc2c(n(C)c3ccc(N)cc23)C1. The second-order valence-corrected chi connectivity index (χ2v) is 4.75. The van der Waals surface area contributed by atoms with Gasteiger partial charge in [-0.25, -0.2) is 0 Å². The molecule has 1 aliphatic heterocycles. The number of hydrogen-bond acceptors (Lipinski definition) is 2. The molecule has 0 aliphatic carbocycles. The first-order valence-electron chi connectivity index (χ1n) is 5.71. The summed E-state index contributed by atoms with van der Waals surface area (Å²) in [7, 11) is 4.32. The summed E-state index contributed by atoms with van der Waals surface area (Å²) < 4.78 is 2.31. The summed E-state index contributed by atoms with van der Waals surface area (Å²) in [6.45, 7) is 2.18.